The fraction of sp³-hybridized carbons (Fsp3) is 0.278. The molecular weight excluding hydrogens is 289 g/mol. The fourth-order valence-corrected chi connectivity index (χ4v) is 2.59. The molecule has 0 aliphatic heterocycles. The van der Waals surface area contributed by atoms with Crippen molar-refractivity contribution in [2.45, 2.75) is 32.9 Å². The summed E-state index contributed by atoms with van der Waals surface area (Å²) in [5.41, 5.74) is 2.02. The Morgan fingerprint density at radius 3 is 2.14 bits per heavy atom. The van der Waals surface area contributed by atoms with Crippen LogP contribution in [-0.4, -0.2) is 5.78 Å². The summed E-state index contributed by atoms with van der Waals surface area (Å²) < 4.78 is 38.8. The molecule has 2 aromatic carbocycles. The molecule has 2 aromatic rings. The first kappa shape index (κ1) is 16.3. The zero-order valence-electron chi connectivity index (χ0n) is 12.5. The van der Waals surface area contributed by atoms with Crippen LogP contribution in [0.2, 0.25) is 0 Å². The van der Waals surface area contributed by atoms with Gasteiger partial charge in [-0.05, 0) is 43.0 Å². The molecule has 0 aromatic heterocycles. The first-order chi connectivity index (χ1) is 10.3. The highest BCUT2D eigenvalue weighted by Crippen LogP contribution is 2.32. The smallest absolute Gasteiger partial charge is 0.294 e. The molecule has 1 nitrogen and oxygen atoms in total. The maximum Gasteiger partial charge on any atom is 0.417 e. The SMILES string of the molecule is Cc1cccc(C)c1CCC(=O)c1ccccc1C(F)(F)F. The van der Waals surface area contributed by atoms with E-state index in [4.69, 9.17) is 0 Å². The highest BCUT2D eigenvalue weighted by Gasteiger charge is 2.34. The molecule has 0 aliphatic carbocycles. The average Bonchev–Trinajstić information content (AvgIpc) is 2.45. The molecular formula is C18H17F3O. The predicted molar refractivity (Wildman–Crippen MR) is 80.0 cm³/mol. The second-order valence-corrected chi connectivity index (χ2v) is 5.34. The van der Waals surface area contributed by atoms with Crippen LogP contribution in [0.4, 0.5) is 13.2 Å². The summed E-state index contributed by atoms with van der Waals surface area (Å²) in [6.07, 6.45) is -3.99. The van der Waals surface area contributed by atoms with E-state index < -0.39 is 17.5 Å². The maximum absolute atomic E-state index is 12.9. The Morgan fingerprint density at radius 1 is 0.955 bits per heavy atom. The quantitative estimate of drug-likeness (QED) is 0.715. The highest BCUT2D eigenvalue weighted by atomic mass is 19.4. The molecule has 0 N–H and O–H groups in total. The van der Waals surface area contributed by atoms with Crippen LogP contribution in [0, 0.1) is 13.8 Å². The van der Waals surface area contributed by atoms with E-state index in [0.717, 1.165) is 22.8 Å². The van der Waals surface area contributed by atoms with E-state index in [1.165, 1.54) is 18.2 Å². The summed E-state index contributed by atoms with van der Waals surface area (Å²) in [5, 5.41) is 0. The summed E-state index contributed by atoms with van der Waals surface area (Å²) in [7, 11) is 0. The molecule has 0 radical (unpaired) electrons. The molecule has 116 valence electrons. The minimum absolute atomic E-state index is 0.0682. The van der Waals surface area contributed by atoms with Gasteiger partial charge in [-0.2, -0.15) is 13.2 Å². The predicted octanol–water partition coefficient (Wildman–Crippen LogP) is 5.14. The number of aryl methyl sites for hydroxylation is 2. The Bertz CT molecular complexity index is 667. The summed E-state index contributed by atoms with van der Waals surface area (Å²) in [4.78, 5) is 12.2. The lowest BCUT2D eigenvalue weighted by Gasteiger charge is -2.13. The number of carbonyl (C=O) groups is 1. The zero-order valence-corrected chi connectivity index (χ0v) is 12.5. The lowest BCUT2D eigenvalue weighted by atomic mass is 9.94. The van der Waals surface area contributed by atoms with Crippen molar-refractivity contribution >= 4 is 5.78 Å². The molecule has 0 amide bonds. The Hall–Kier alpha value is -2.10. The first-order valence-corrected chi connectivity index (χ1v) is 7.05. The minimum atomic E-state index is -4.51. The van der Waals surface area contributed by atoms with Crippen LogP contribution in [0.25, 0.3) is 0 Å². The van der Waals surface area contributed by atoms with E-state index in [-0.39, 0.29) is 12.0 Å². The van der Waals surface area contributed by atoms with Gasteiger partial charge < -0.3 is 0 Å². The number of benzene rings is 2. The Balaban J connectivity index is 2.21. The summed E-state index contributed by atoms with van der Waals surface area (Å²) in [5.74, 6) is -0.476. The maximum atomic E-state index is 12.9. The van der Waals surface area contributed by atoms with Gasteiger partial charge in [0, 0.05) is 12.0 Å². The van der Waals surface area contributed by atoms with Crippen molar-refractivity contribution in [2.75, 3.05) is 0 Å². The number of hydrogen-bond donors (Lipinski definition) is 0. The normalized spacial score (nSPS) is 11.5. The van der Waals surface area contributed by atoms with Crippen molar-refractivity contribution in [3.63, 3.8) is 0 Å². The molecule has 22 heavy (non-hydrogen) atoms. The van der Waals surface area contributed by atoms with Crippen LogP contribution in [0.5, 0.6) is 0 Å². The molecule has 0 unspecified atom stereocenters. The van der Waals surface area contributed by atoms with Crippen LogP contribution < -0.4 is 0 Å². The van der Waals surface area contributed by atoms with E-state index in [9.17, 15) is 18.0 Å². The number of alkyl halides is 3. The van der Waals surface area contributed by atoms with Gasteiger partial charge in [0.1, 0.15) is 0 Å². The fourth-order valence-electron chi connectivity index (χ4n) is 2.59. The number of carbonyl (C=O) groups excluding carboxylic acids is 1. The van der Waals surface area contributed by atoms with E-state index in [0.29, 0.717) is 6.42 Å². The number of rotatable bonds is 4. The van der Waals surface area contributed by atoms with Gasteiger partial charge in [0.2, 0.25) is 0 Å². The van der Waals surface area contributed by atoms with Crippen molar-refractivity contribution in [3.05, 3.63) is 70.3 Å². The van der Waals surface area contributed by atoms with Crippen LogP contribution in [-0.2, 0) is 12.6 Å². The van der Waals surface area contributed by atoms with Gasteiger partial charge >= 0.3 is 6.18 Å². The van der Waals surface area contributed by atoms with Crippen molar-refractivity contribution < 1.29 is 18.0 Å². The largest absolute Gasteiger partial charge is 0.417 e. The van der Waals surface area contributed by atoms with Crippen molar-refractivity contribution in [3.8, 4) is 0 Å². The molecule has 0 saturated carbocycles. The van der Waals surface area contributed by atoms with Crippen LogP contribution in [0.1, 0.15) is 39.0 Å². The van der Waals surface area contributed by atoms with Gasteiger partial charge in [-0.15, -0.1) is 0 Å². The van der Waals surface area contributed by atoms with Gasteiger partial charge in [0.05, 0.1) is 5.56 Å². The number of Topliss-reactive ketones (excluding diaryl/α,β-unsaturated/α-hetero) is 1. The van der Waals surface area contributed by atoms with Crippen molar-refractivity contribution in [1.29, 1.82) is 0 Å². The monoisotopic (exact) mass is 306 g/mol. The minimum Gasteiger partial charge on any atom is -0.294 e. The van der Waals surface area contributed by atoms with Gasteiger partial charge in [0.25, 0.3) is 0 Å². The number of hydrogen-bond acceptors (Lipinski definition) is 1. The second-order valence-electron chi connectivity index (χ2n) is 5.34. The molecule has 0 saturated heterocycles. The summed E-state index contributed by atoms with van der Waals surface area (Å²) in [6.45, 7) is 3.88. The Morgan fingerprint density at radius 2 is 1.55 bits per heavy atom. The van der Waals surface area contributed by atoms with Crippen molar-refractivity contribution in [2.24, 2.45) is 0 Å². The highest BCUT2D eigenvalue weighted by molar-refractivity contribution is 5.97. The molecule has 0 fully saturated rings. The van der Waals surface area contributed by atoms with Gasteiger partial charge in [0.15, 0.2) is 5.78 Å². The number of ketones is 1. The first-order valence-electron chi connectivity index (χ1n) is 7.05. The van der Waals surface area contributed by atoms with E-state index >= 15 is 0 Å². The average molecular weight is 306 g/mol. The van der Waals surface area contributed by atoms with Gasteiger partial charge in [-0.25, -0.2) is 0 Å². The molecule has 0 spiro atoms. The van der Waals surface area contributed by atoms with E-state index in [2.05, 4.69) is 0 Å². The third-order valence-corrected chi connectivity index (χ3v) is 3.78. The van der Waals surface area contributed by atoms with Crippen LogP contribution in [0.3, 0.4) is 0 Å². The molecule has 4 heteroatoms. The summed E-state index contributed by atoms with van der Waals surface area (Å²) in [6, 6.07) is 10.8. The van der Waals surface area contributed by atoms with Crippen molar-refractivity contribution in [1.82, 2.24) is 0 Å². The van der Waals surface area contributed by atoms with Gasteiger partial charge in [-0.3, -0.25) is 4.79 Å². The third kappa shape index (κ3) is 3.56. The van der Waals surface area contributed by atoms with E-state index in [1.54, 1.807) is 0 Å². The molecule has 0 bridgehead atoms. The Labute approximate surface area is 127 Å². The lowest BCUT2D eigenvalue weighted by Crippen LogP contribution is -2.13. The van der Waals surface area contributed by atoms with Crippen LogP contribution >= 0.6 is 0 Å². The van der Waals surface area contributed by atoms with E-state index in [1.807, 2.05) is 32.0 Å². The zero-order chi connectivity index (χ0) is 16.3. The Kier molecular flexibility index (Phi) is 4.69. The summed E-state index contributed by atoms with van der Waals surface area (Å²) >= 11 is 0. The molecule has 0 atom stereocenters. The topological polar surface area (TPSA) is 17.1 Å². The molecule has 0 aliphatic rings. The number of halogens is 3. The van der Waals surface area contributed by atoms with Gasteiger partial charge in [-0.1, -0.05) is 36.4 Å². The molecule has 0 heterocycles. The van der Waals surface area contributed by atoms with Crippen LogP contribution in [0.15, 0.2) is 42.5 Å². The molecule has 2 rings (SSSR count). The third-order valence-electron chi connectivity index (χ3n) is 3.78. The standard InChI is InChI=1S/C18H17F3O/c1-12-6-5-7-13(2)14(12)10-11-17(22)15-8-3-4-9-16(15)18(19,20)21/h3-9H,10-11H2,1-2H3. The lowest BCUT2D eigenvalue weighted by molar-refractivity contribution is -0.137. The second kappa shape index (κ2) is 6.34.